The summed E-state index contributed by atoms with van der Waals surface area (Å²) in [6.07, 6.45) is 19.3. The molecule has 2 unspecified atom stereocenters. The lowest BCUT2D eigenvalue weighted by Gasteiger charge is -2.32. The molecule has 3 aliphatic heterocycles. The Balaban J connectivity index is 0.983. The van der Waals surface area contributed by atoms with Gasteiger partial charge in [-0.25, -0.2) is 0 Å². The van der Waals surface area contributed by atoms with Crippen molar-refractivity contribution in [1.82, 2.24) is 9.13 Å². The standard InChI is InChI=1S/C74H53N3O2/c1-48-29-31-52(32-33-53-21-12-14-27-69(53)78-48)55-23-16-26-60(45-55)76-66-42-36-57(51-19-8-4-9-20-51)47-64(66)72-68(76)44-40-62-61-39-43-67-71(73(61)77(74(62)72)58-24-10-5-11-25-58)63-46-56(50-17-6-3-7-18-50)35-41-65(63)75(67)59-37-30-49(2)79-70-28-15-13-22-54(70)34-38-59/h3-32,35-47,67,71H,1-2,33-34H2/b31-29-,37-30-,52-32+,59-38+. The molecule has 9 aromatic carbocycles. The summed E-state index contributed by atoms with van der Waals surface area (Å²) >= 11 is 0. The number of allylic oxidation sites excluding steroid dienone is 7. The van der Waals surface area contributed by atoms with Gasteiger partial charge in [-0.3, -0.25) is 0 Å². The molecule has 0 fully saturated rings. The molecule has 0 radical (unpaired) electrons. The molecule has 0 bridgehead atoms. The van der Waals surface area contributed by atoms with E-state index in [1.807, 2.05) is 36.4 Å². The highest BCUT2D eigenvalue weighted by Crippen LogP contribution is 2.55. The van der Waals surface area contributed by atoms with Crippen LogP contribution in [0.15, 0.2) is 285 Å². The molecule has 0 spiro atoms. The maximum atomic E-state index is 6.34. The van der Waals surface area contributed by atoms with Gasteiger partial charge in [0.1, 0.15) is 23.0 Å². The Kier molecular flexibility index (Phi) is 11.0. The van der Waals surface area contributed by atoms with Crippen LogP contribution in [0.3, 0.4) is 0 Å². The van der Waals surface area contributed by atoms with E-state index in [1.54, 1.807) is 0 Å². The topological polar surface area (TPSA) is 31.6 Å². The number of benzene rings is 9. The van der Waals surface area contributed by atoms with Gasteiger partial charge in [-0.05, 0) is 148 Å². The first-order valence-corrected chi connectivity index (χ1v) is 27.2. The molecule has 5 heterocycles. The number of fused-ring (bicyclic) bond motifs is 13. The smallest absolute Gasteiger partial charge is 0.130 e. The molecule has 11 aromatic rings. The fourth-order valence-corrected chi connectivity index (χ4v) is 12.7. The van der Waals surface area contributed by atoms with Gasteiger partial charge >= 0.3 is 0 Å². The van der Waals surface area contributed by atoms with E-state index in [1.165, 1.54) is 66.4 Å². The van der Waals surface area contributed by atoms with Gasteiger partial charge in [0.25, 0.3) is 0 Å². The van der Waals surface area contributed by atoms with Gasteiger partial charge in [-0.1, -0.05) is 189 Å². The fraction of sp³-hybridized carbons (Fsp3) is 0.0541. The molecule has 2 atom stereocenters. The second-order valence-corrected chi connectivity index (χ2v) is 20.9. The molecule has 0 saturated carbocycles. The number of nitrogens with zero attached hydrogens (tertiary/aromatic N) is 3. The van der Waals surface area contributed by atoms with E-state index in [-0.39, 0.29) is 12.0 Å². The first-order chi connectivity index (χ1) is 39.0. The van der Waals surface area contributed by atoms with Crippen LogP contribution in [0, 0.1) is 0 Å². The van der Waals surface area contributed by atoms with Crippen LogP contribution in [-0.4, -0.2) is 15.2 Å². The second kappa shape index (κ2) is 18.9. The molecule has 5 heteroatoms. The van der Waals surface area contributed by atoms with E-state index >= 15 is 0 Å². The van der Waals surface area contributed by atoms with Crippen LogP contribution in [0.5, 0.6) is 11.5 Å². The summed E-state index contributed by atoms with van der Waals surface area (Å²) in [5.41, 5.74) is 20.9. The lowest BCUT2D eigenvalue weighted by Crippen LogP contribution is -2.34. The molecule has 0 N–H and O–H groups in total. The van der Waals surface area contributed by atoms with Gasteiger partial charge in [0.2, 0.25) is 0 Å². The van der Waals surface area contributed by atoms with Gasteiger partial charge in [0, 0.05) is 50.2 Å². The van der Waals surface area contributed by atoms with Crippen LogP contribution in [-0.2, 0) is 12.8 Å². The highest BCUT2D eigenvalue weighted by atomic mass is 16.5. The van der Waals surface area contributed by atoms with Gasteiger partial charge in [0.15, 0.2) is 0 Å². The Morgan fingerprint density at radius 1 is 0.443 bits per heavy atom. The summed E-state index contributed by atoms with van der Waals surface area (Å²) in [6, 6.07) is 76.9. The third-order valence-corrected chi connectivity index (χ3v) is 16.3. The third-order valence-electron chi connectivity index (χ3n) is 16.3. The van der Waals surface area contributed by atoms with Crippen LogP contribution in [0.25, 0.3) is 78.0 Å². The Morgan fingerprint density at radius 2 is 1.05 bits per heavy atom. The molecule has 0 saturated heterocycles. The zero-order valence-corrected chi connectivity index (χ0v) is 43.5. The van der Waals surface area contributed by atoms with E-state index < -0.39 is 0 Å². The first kappa shape index (κ1) is 46.2. The average molecular weight is 1020 g/mol. The molecule has 79 heavy (non-hydrogen) atoms. The van der Waals surface area contributed by atoms with E-state index in [4.69, 9.17) is 9.47 Å². The van der Waals surface area contributed by atoms with Gasteiger partial charge in [0.05, 0.1) is 28.5 Å². The van der Waals surface area contributed by atoms with Gasteiger partial charge < -0.3 is 23.5 Å². The summed E-state index contributed by atoms with van der Waals surface area (Å²) < 4.78 is 17.6. The zero-order chi connectivity index (χ0) is 52.6. The zero-order valence-electron chi connectivity index (χ0n) is 43.5. The Hall–Kier alpha value is -10.1. The number of rotatable bonds is 6. The highest BCUT2D eigenvalue weighted by molar-refractivity contribution is 6.23. The summed E-state index contributed by atoms with van der Waals surface area (Å²) in [7, 11) is 0. The maximum Gasteiger partial charge on any atom is 0.130 e. The lowest BCUT2D eigenvalue weighted by atomic mass is 9.83. The van der Waals surface area contributed by atoms with Crippen molar-refractivity contribution in [3.63, 3.8) is 0 Å². The maximum absolute atomic E-state index is 6.34. The van der Waals surface area contributed by atoms with Crippen LogP contribution in [0.1, 0.15) is 39.4 Å². The normalized spacial score (nSPS) is 18.6. The van der Waals surface area contributed by atoms with E-state index in [0.29, 0.717) is 17.9 Å². The highest BCUT2D eigenvalue weighted by Gasteiger charge is 2.45. The minimum Gasteiger partial charge on any atom is -0.458 e. The van der Waals surface area contributed by atoms with E-state index in [0.717, 1.165) is 68.3 Å². The number of para-hydroxylation sites is 3. The molecular formula is C74H53N3O2. The fourth-order valence-electron chi connectivity index (χ4n) is 12.7. The van der Waals surface area contributed by atoms with Crippen molar-refractivity contribution in [2.45, 2.75) is 24.8 Å². The van der Waals surface area contributed by atoms with Crippen molar-refractivity contribution in [2.24, 2.45) is 0 Å². The molecular weight excluding hydrogens is 963 g/mol. The van der Waals surface area contributed by atoms with Crippen molar-refractivity contribution >= 4 is 50.0 Å². The van der Waals surface area contributed by atoms with Crippen molar-refractivity contribution in [3.8, 4) is 45.1 Å². The minimum atomic E-state index is -0.0531. The monoisotopic (exact) mass is 1020 g/mol. The molecule has 0 amide bonds. The molecule has 2 aromatic heterocycles. The van der Waals surface area contributed by atoms with Crippen molar-refractivity contribution < 1.29 is 9.47 Å². The second-order valence-electron chi connectivity index (χ2n) is 20.9. The molecule has 15 rings (SSSR count). The minimum absolute atomic E-state index is 0.0521. The molecule has 5 nitrogen and oxygen atoms in total. The van der Waals surface area contributed by atoms with Crippen molar-refractivity contribution in [1.29, 1.82) is 0 Å². The number of ether oxygens (including phenoxy) is 2. The van der Waals surface area contributed by atoms with Crippen molar-refractivity contribution in [3.05, 3.63) is 319 Å². The van der Waals surface area contributed by atoms with E-state index in [9.17, 15) is 0 Å². The predicted octanol–water partition coefficient (Wildman–Crippen LogP) is 18.1. The van der Waals surface area contributed by atoms with Crippen LogP contribution in [0.2, 0.25) is 0 Å². The number of hydrogen-bond donors (Lipinski definition) is 0. The molecule has 376 valence electrons. The largest absolute Gasteiger partial charge is 0.458 e. The van der Waals surface area contributed by atoms with Crippen molar-refractivity contribution in [2.75, 3.05) is 4.90 Å². The Labute approximate surface area is 459 Å². The number of aromatic nitrogens is 2. The van der Waals surface area contributed by atoms with Gasteiger partial charge in [-0.2, -0.15) is 0 Å². The van der Waals surface area contributed by atoms with E-state index in [2.05, 4.69) is 252 Å². The number of anilines is 1. The summed E-state index contributed by atoms with van der Waals surface area (Å²) in [5, 5.41) is 3.61. The van der Waals surface area contributed by atoms with Crippen LogP contribution < -0.4 is 14.4 Å². The van der Waals surface area contributed by atoms with Crippen LogP contribution in [0.4, 0.5) is 5.69 Å². The average Bonchev–Trinajstić information content (AvgIpc) is 3.72. The SMILES string of the molecule is C=C1/C=C\C(c2cccc(-n3c4ccc(-c5ccccc5)cc4c4c5c(ccc43)c3c(n5-c4ccccc4)C4c5cc(-c6ccccc6)ccc5N(C5=C/Cc6ccccc6OC(=C)/C=C\5)C4C=C3)c2)=C/Cc2ccccc2O1. The molecule has 1 aliphatic carbocycles. The molecule has 4 aliphatic rings. The van der Waals surface area contributed by atoms with Gasteiger partial charge in [-0.15, -0.1) is 0 Å². The third kappa shape index (κ3) is 7.84. The number of hydrogen-bond acceptors (Lipinski definition) is 3. The summed E-state index contributed by atoms with van der Waals surface area (Å²) in [5.74, 6) is 2.82. The lowest BCUT2D eigenvalue weighted by molar-refractivity contribution is 0.442. The predicted molar refractivity (Wildman–Crippen MR) is 326 cm³/mol. The quantitative estimate of drug-likeness (QED) is 0.166. The summed E-state index contributed by atoms with van der Waals surface area (Å²) in [6.45, 7) is 8.58. The Bertz CT molecular complexity index is 4470. The first-order valence-electron chi connectivity index (χ1n) is 27.2. The Morgan fingerprint density at radius 3 is 1.78 bits per heavy atom. The summed E-state index contributed by atoms with van der Waals surface area (Å²) in [4.78, 5) is 2.56. The van der Waals surface area contributed by atoms with Crippen LogP contribution >= 0.6 is 0 Å².